The second-order valence-electron chi connectivity index (χ2n) is 6.12. The number of fused-ring (bicyclic) bond motifs is 1. The van der Waals surface area contributed by atoms with Gasteiger partial charge in [0.25, 0.3) is 0 Å². The molecular formula is C18H22N2O. The molecule has 21 heavy (non-hydrogen) atoms. The fourth-order valence-electron chi connectivity index (χ4n) is 3.19. The zero-order valence-corrected chi connectivity index (χ0v) is 12.5. The number of hydrogen-bond acceptors (Lipinski definition) is 3. The highest BCUT2D eigenvalue weighted by molar-refractivity contribution is 5.99. The van der Waals surface area contributed by atoms with Crippen LogP contribution in [-0.4, -0.2) is 23.9 Å². The number of nitrogens with one attached hydrogen (secondary N) is 1. The third-order valence-corrected chi connectivity index (χ3v) is 4.57. The SMILES string of the molecule is CC(CC(=O)c1ccc2ncccc2c1)C1CCCNC1. The first-order chi connectivity index (χ1) is 10.2. The summed E-state index contributed by atoms with van der Waals surface area (Å²) in [6.45, 7) is 4.38. The average Bonchev–Trinajstić information content (AvgIpc) is 2.55. The first-order valence-electron chi connectivity index (χ1n) is 7.83. The molecule has 3 heteroatoms. The normalized spacial score (nSPS) is 20.3. The van der Waals surface area contributed by atoms with Gasteiger partial charge >= 0.3 is 0 Å². The van der Waals surface area contributed by atoms with E-state index in [1.165, 1.54) is 12.8 Å². The number of pyridine rings is 1. The summed E-state index contributed by atoms with van der Waals surface area (Å²) in [4.78, 5) is 16.8. The second kappa shape index (κ2) is 6.35. The minimum Gasteiger partial charge on any atom is -0.316 e. The molecule has 2 heterocycles. The molecule has 1 saturated heterocycles. The molecule has 3 nitrogen and oxygen atoms in total. The van der Waals surface area contributed by atoms with Crippen molar-refractivity contribution in [1.29, 1.82) is 0 Å². The lowest BCUT2D eigenvalue weighted by molar-refractivity contribution is 0.0943. The zero-order chi connectivity index (χ0) is 14.7. The lowest BCUT2D eigenvalue weighted by Gasteiger charge is -2.28. The van der Waals surface area contributed by atoms with Gasteiger partial charge in [0.1, 0.15) is 0 Å². The van der Waals surface area contributed by atoms with Gasteiger partial charge in [-0.25, -0.2) is 0 Å². The van der Waals surface area contributed by atoms with Gasteiger partial charge in [0.15, 0.2) is 5.78 Å². The van der Waals surface area contributed by atoms with Gasteiger partial charge in [0.05, 0.1) is 5.52 Å². The molecular weight excluding hydrogens is 260 g/mol. The van der Waals surface area contributed by atoms with E-state index in [0.717, 1.165) is 29.6 Å². The van der Waals surface area contributed by atoms with E-state index >= 15 is 0 Å². The van der Waals surface area contributed by atoms with Crippen molar-refractivity contribution in [3.05, 3.63) is 42.1 Å². The van der Waals surface area contributed by atoms with Gasteiger partial charge in [-0.05, 0) is 62.0 Å². The van der Waals surface area contributed by atoms with Crippen molar-refractivity contribution < 1.29 is 4.79 Å². The Kier molecular flexibility index (Phi) is 4.30. The van der Waals surface area contributed by atoms with Gasteiger partial charge < -0.3 is 5.32 Å². The lowest BCUT2D eigenvalue weighted by atomic mass is 9.83. The van der Waals surface area contributed by atoms with Crippen LogP contribution < -0.4 is 5.32 Å². The van der Waals surface area contributed by atoms with Crippen molar-refractivity contribution >= 4 is 16.7 Å². The Morgan fingerprint density at radius 3 is 3.14 bits per heavy atom. The Labute approximate surface area is 125 Å². The fourth-order valence-corrected chi connectivity index (χ4v) is 3.19. The molecule has 3 rings (SSSR count). The summed E-state index contributed by atoms with van der Waals surface area (Å²) in [6.07, 6.45) is 4.88. The van der Waals surface area contributed by atoms with Gasteiger partial charge in [0, 0.05) is 23.6 Å². The lowest BCUT2D eigenvalue weighted by Crippen LogP contribution is -2.34. The highest BCUT2D eigenvalue weighted by atomic mass is 16.1. The molecule has 0 aliphatic carbocycles. The third-order valence-electron chi connectivity index (χ3n) is 4.57. The quantitative estimate of drug-likeness (QED) is 0.873. The van der Waals surface area contributed by atoms with Crippen LogP contribution >= 0.6 is 0 Å². The summed E-state index contributed by atoms with van der Waals surface area (Å²) in [7, 11) is 0. The molecule has 0 amide bonds. The Balaban J connectivity index is 1.71. The van der Waals surface area contributed by atoms with Crippen molar-refractivity contribution in [3.63, 3.8) is 0 Å². The van der Waals surface area contributed by atoms with Crippen molar-refractivity contribution in [1.82, 2.24) is 10.3 Å². The predicted molar refractivity (Wildman–Crippen MR) is 85.4 cm³/mol. The van der Waals surface area contributed by atoms with Crippen LogP contribution in [0.25, 0.3) is 10.9 Å². The highest BCUT2D eigenvalue weighted by Crippen LogP contribution is 2.24. The number of hydrogen-bond donors (Lipinski definition) is 1. The number of aromatic nitrogens is 1. The van der Waals surface area contributed by atoms with Crippen LogP contribution in [-0.2, 0) is 0 Å². The first-order valence-corrected chi connectivity index (χ1v) is 7.83. The maximum absolute atomic E-state index is 12.5. The molecule has 1 fully saturated rings. The van der Waals surface area contributed by atoms with Crippen molar-refractivity contribution in [2.24, 2.45) is 11.8 Å². The molecule has 1 N–H and O–H groups in total. The van der Waals surface area contributed by atoms with E-state index in [1.807, 2.05) is 30.3 Å². The molecule has 2 unspecified atom stereocenters. The van der Waals surface area contributed by atoms with Crippen LogP contribution in [0.1, 0.15) is 36.5 Å². The predicted octanol–water partition coefficient (Wildman–Crippen LogP) is 3.44. The van der Waals surface area contributed by atoms with Crippen LogP contribution in [0.4, 0.5) is 0 Å². The van der Waals surface area contributed by atoms with E-state index in [-0.39, 0.29) is 5.78 Å². The Bertz CT molecular complexity index is 632. The van der Waals surface area contributed by atoms with Crippen molar-refractivity contribution in [2.45, 2.75) is 26.2 Å². The van der Waals surface area contributed by atoms with Crippen LogP contribution in [0.2, 0.25) is 0 Å². The van der Waals surface area contributed by atoms with Crippen LogP contribution in [0, 0.1) is 11.8 Å². The van der Waals surface area contributed by atoms with Crippen molar-refractivity contribution in [2.75, 3.05) is 13.1 Å². The van der Waals surface area contributed by atoms with Gasteiger partial charge in [0.2, 0.25) is 0 Å². The van der Waals surface area contributed by atoms with E-state index in [1.54, 1.807) is 6.20 Å². The van der Waals surface area contributed by atoms with E-state index < -0.39 is 0 Å². The Hall–Kier alpha value is -1.74. The zero-order valence-electron chi connectivity index (χ0n) is 12.5. The molecule has 2 aromatic rings. The molecule has 1 aliphatic heterocycles. The minimum atomic E-state index is 0.249. The number of benzene rings is 1. The maximum Gasteiger partial charge on any atom is 0.163 e. The molecule has 0 spiro atoms. The van der Waals surface area contributed by atoms with E-state index in [9.17, 15) is 4.79 Å². The Morgan fingerprint density at radius 1 is 1.43 bits per heavy atom. The second-order valence-corrected chi connectivity index (χ2v) is 6.12. The summed E-state index contributed by atoms with van der Waals surface area (Å²) < 4.78 is 0. The average molecular weight is 282 g/mol. The van der Waals surface area contributed by atoms with Gasteiger partial charge in [-0.15, -0.1) is 0 Å². The fraction of sp³-hybridized carbons (Fsp3) is 0.444. The monoisotopic (exact) mass is 282 g/mol. The molecule has 1 aromatic heterocycles. The molecule has 0 radical (unpaired) electrons. The number of ketones is 1. The van der Waals surface area contributed by atoms with Gasteiger partial charge in [-0.3, -0.25) is 9.78 Å². The summed E-state index contributed by atoms with van der Waals surface area (Å²) in [5.41, 5.74) is 1.75. The molecule has 1 aliphatic rings. The van der Waals surface area contributed by atoms with E-state index in [0.29, 0.717) is 18.3 Å². The third kappa shape index (κ3) is 3.30. The molecule has 2 atom stereocenters. The standard InChI is InChI=1S/C18H22N2O/c1-13(16-5-2-8-19-12-16)10-18(21)15-6-7-17-14(11-15)4-3-9-20-17/h3-4,6-7,9,11,13,16,19H,2,5,8,10,12H2,1H3. The van der Waals surface area contributed by atoms with Crippen molar-refractivity contribution in [3.8, 4) is 0 Å². The summed E-state index contributed by atoms with van der Waals surface area (Å²) in [6, 6.07) is 9.73. The van der Waals surface area contributed by atoms with E-state index in [2.05, 4.69) is 17.2 Å². The largest absolute Gasteiger partial charge is 0.316 e. The number of carbonyl (C=O) groups excluding carboxylic acids is 1. The van der Waals surface area contributed by atoms with Crippen LogP contribution in [0.3, 0.4) is 0 Å². The van der Waals surface area contributed by atoms with Crippen LogP contribution in [0.15, 0.2) is 36.5 Å². The molecule has 110 valence electrons. The summed E-state index contributed by atoms with van der Waals surface area (Å²) in [5, 5.41) is 4.47. The maximum atomic E-state index is 12.5. The van der Waals surface area contributed by atoms with Gasteiger partial charge in [-0.1, -0.05) is 13.0 Å². The number of piperidine rings is 1. The molecule has 0 bridgehead atoms. The number of Topliss-reactive ketones (excluding diaryl/α,β-unsaturated/α-hetero) is 1. The summed E-state index contributed by atoms with van der Waals surface area (Å²) >= 11 is 0. The summed E-state index contributed by atoms with van der Waals surface area (Å²) in [5.74, 6) is 1.32. The molecule has 1 aromatic carbocycles. The highest BCUT2D eigenvalue weighted by Gasteiger charge is 2.22. The number of nitrogens with zero attached hydrogens (tertiary/aromatic N) is 1. The number of carbonyl (C=O) groups is 1. The Morgan fingerprint density at radius 2 is 2.33 bits per heavy atom. The topological polar surface area (TPSA) is 42.0 Å². The van der Waals surface area contributed by atoms with Gasteiger partial charge in [-0.2, -0.15) is 0 Å². The van der Waals surface area contributed by atoms with Crippen LogP contribution in [0.5, 0.6) is 0 Å². The minimum absolute atomic E-state index is 0.249. The first kappa shape index (κ1) is 14.2. The number of rotatable bonds is 4. The smallest absolute Gasteiger partial charge is 0.163 e. The van der Waals surface area contributed by atoms with E-state index in [4.69, 9.17) is 0 Å². The molecule has 0 saturated carbocycles.